The van der Waals surface area contributed by atoms with Gasteiger partial charge < -0.3 is 36.6 Å². The van der Waals surface area contributed by atoms with Crippen molar-refractivity contribution in [1.82, 2.24) is 30.9 Å². The zero-order valence-corrected chi connectivity index (χ0v) is 32.4. The molecule has 0 aliphatic carbocycles. The van der Waals surface area contributed by atoms with Crippen LogP contribution in [0.15, 0.2) is 65.6 Å². The average Bonchev–Trinajstić information content (AvgIpc) is 3.57. The number of primary amides is 1. The van der Waals surface area contributed by atoms with Crippen LogP contribution in [0.1, 0.15) is 65.5 Å². The second kappa shape index (κ2) is 20.4. The predicted molar refractivity (Wildman–Crippen MR) is 200 cm³/mol. The van der Waals surface area contributed by atoms with Crippen molar-refractivity contribution in [3.8, 4) is 0 Å². The molecule has 2 unspecified atom stereocenters. The first-order chi connectivity index (χ1) is 25.9. The summed E-state index contributed by atoms with van der Waals surface area (Å²) in [6, 6.07) is 9.66. The van der Waals surface area contributed by atoms with E-state index < -0.39 is 94.1 Å². The molecule has 0 saturated carbocycles. The summed E-state index contributed by atoms with van der Waals surface area (Å²) in [6.45, 7) is 7.89. The summed E-state index contributed by atoms with van der Waals surface area (Å²) >= 11 is 0. The van der Waals surface area contributed by atoms with E-state index in [0.717, 1.165) is 4.90 Å². The summed E-state index contributed by atoms with van der Waals surface area (Å²) in [5.41, 5.74) is 5.85. The Bertz CT molecular complexity index is 1790. The van der Waals surface area contributed by atoms with Gasteiger partial charge in [-0.15, -0.1) is 0 Å². The van der Waals surface area contributed by atoms with Crippen LogP contribution in [-0.4, -0.2) is 98.6 Å². The molecule has 6 amide bonds. The van der Waals surface area contributed by atoms with Gasteiger partial charge in [0.05, 0.1) is 24.1 Å². The molecule has 0 spiro atoms. The number of nitrogens with one attached hydrogen (secondary N) is 5. The topological polar surface area (TPSA) is 252 Å². The lowest BCUT2D eigenvalue weighted by Gasteiger charge is -2.31. The number of nitrogens with zero attached hydrogens (tertiary/aromatic N) is 1. The molecule has 300 valence electrons. The largest absolute Gasteiger partial charge is 0.449 e. The van der Waals surface area contributed by atoms with Crippen LogP contribution < -0.4 is 31.7 Å². The Morgan fingerprint density at radius 2 is 1.51 bits per heavy atom. The fourth-order valence-corrected chi connectivity index (χ4v) is 7.07. The molecule has 0 radical (unpaired) electrons. The number of amides is 6. The van der Waals surface area contributed by atoms with Gasteiger partial charge in [0.2, 0.25) is 39.4 Å². The molecular formula is C37H51N7O10S. The third kappa shape index (κ3) is 12.9. The molecule has 0 bridgehead atoms. The highest BCUT2D eigenvalue weighted by Crippen LogP contribution is 2.24. The van der Waals surface area contributed by atoms with Gasteiger partial charge in [0.1, 0.15) is 18.1 Å². The fourth-order valence-electron chi connectivity index (χ4n) is 5.81. The Balaban J connectivity index is 1.79. The highest BCUT2D eigenvalue weighted by atomic mass is 32.2. The van der Waals surface area contributed by atoms with Crippen LogP contribution in [-0.2, 0) is 43.5 Å². The van der Waals surface area contributed by atoms with Gasteiger partial charge in [0, 0.05) is 12.6 Å². The summed E-state index contributed by atoms with van der Waals surface area (Å²) in [4.78, 5) is 92.6. The van der Waals surface area contributed by atoms with Crippen molar-refractivity contribution < 1.29 is 46.7 Å². The van der Waals surface area contributed by atoms with Crippen LogP contribution in [0.2, 0.25) is 0 Å². The minimum absolute atomic E-state index is 0.00451. The van der Waals surface area contributed by atoms with Crippen molar-refractivity contribution in [3.63, 3.8) is 0 Å². The molecule has 18 heteroatoms. The van der Waals surface area contributed by atoms with Crippen molar-refractivity contribution in [2.75, 3.05) is 19.7 Å². The van der Waals surface area contributed by atoms with E-state index in [1.807, 2.05) is 13.8 Å². The van der Waals surface area contributed by atoms with Gasteiger partial charge in [-0.2, -0.15) is 0 Å². The number of rotatable bonds is 19. The van der Waals surface area contributed by atoms with Crippen molar-refractivity contribution in [1.29, 1.82) is 0 Å². The molecule has 1 fully saturated rings. The zero-order chi connectivity index (χ0) is 40.9. The Hall–Kier alpha value is -5.36. The fraction of sp³-hybridized carbons (Fsp3) is 0.486. The maximum absolute atomic E-state index is 14.1. The zero-order valence-electron chi connectivity index (χ0n) is 31.6. The molecule has 3 rings (SSSR count). The molecule has 2 aromatic carbocycles. The Kier molecular flexibility index (Phi) is 16.3. The molecule has 1 saturated heterocycles. The Labute approximate surface area is 320 Å². The van der Waals surface area contributed by atoms with Gasteiger partial charge in [-0.05, 0) is 42.4 Å². The molecule has 7 N–H and O–H groups in total. The number of hydrogen-bond acceptors (Lipinski definition) is 10. The van der Waals surface area contributed by atoms with Gasteiger partial charge >= 0.3 is 6.09 Å². The third-order valence-corrected chi connectivity index (χ3v) is 10.1. The normalized spacial score (nSPS) is 17.1. The summed E-state index contributed by atoms with van der Waals surface area (Å²) in [6.07, 6.45) is -0.703. The number of sulfonamides is 1. The van der Waals surface area contributed by atoms with E-state index in [9.17, 15) is 42.0 Å². The van der Waals surface area contributed by atoms with Gasteiger partial charge in [-0.3, -0.25) is 28.8 Å². The molecule has 0 aromatic heterocycles. The first kappa shape index (κ1) is 44.0. The van der Waals surface area contributed by atoms with Crippen LogP contribution in [0.3, 0.4) is 0 Å². The van der Waals surface area contributed by atoms with Crippen molar-refractivity contribution in [2.45, 2.75) is 89.0 Å². The maximum Gasteiger partial charge on any atom is 0.407 e. The Morgan fingerprint density at radius 1 is 0.891 bits per heavy atom. The molecule has 1 aliphatic heterocycles. The quantitative estimate of drug-likeness (QED) is 0.109. The van der Waals surface area contributed by atoms with E-state index in [2.05, 4.69) is 26.0 Å². The molecule has 1 heterocycles. The molecule has 55 heavy (non-hydrogen) atoms. The predicted octanol–water partition coefficient (Wildman–Crippen LogP) is 0.654. The van der Waals surface area contributed by atoms with Crippen LogP contribution in [0, 0.1) is 11.8 Å². The number of alkyl carbamates (subject to hydrolysis) is 1. The van der Waals surface area contributed by atoms with Crippen LogP contribution in [0.4, 0.5) is 4.79 Å². The monoisotopic (exact) mass is 785 g/mol. The van der Waals surface area contributed by atoms with Crippen LogP contribution in [0.25, 0.3) is 0 Å². The lowest BCUT2D eigenvalue weighted by atomic mass is 10.0. The van der Waals surface area contributed by atoms with Gasteiger partial charge in [-0.1, -0.05) is 89.6 Å². The van der Waals surface area contributed by atoms with Crippen LogP contribution >= 0.6 is 0 Å². The number of hydrogen-bond donors (Lipinski definition) is 6. The number of ether oxygens (including phenoxy) is 1. The average molecular weight is 786 g/mol. The molecule has 2 aromatic rings. The Morgan fingerprint density at radius 3 is 2.07 bits per heavy atom. The standard InChI is InChI=1S/C37H51N7O10S/c1-6-13-27(32(46)35(49)39-19-29(45)41-31(33(38)47)24-14-9-7-10-15-24)40-34(48)28-18-25(43-55(52,53)26-16-11-8-12-17-26)20-44(28)36(50)30(23(4)5)42-37(51)54-21-22(2)3/h7-12,14-17,22-23,25,27-28,30-31,43H,6,13,18-21H2,1-5H3,(H2,38,47)(H,39,49)(H,40,48)(H,41,45)(H,42,51)/t25-,27?,28?,30+,31+/m1/s1. The number of carbonyl (C=O) groups excluding carboxylic acids is 7. The first-order valence-corrected chi connectivity index (χ1v) is 19.5. The smallest absolute Gasteiger partial charge is 0.407 e. The molecular weight excluding hydrogens is 735 g/mol. The van der Waals surface area contributed by atoms with Crippen molar-refractivity contribution in [2.24, 2.45) is 17.6 Å². The first-order valence-electron chi connectivity index (χ1n) is 18.0. The maximum atomic E-state index is 14.1. The number of ketones is 1. The molecule has 17 nitrogen and oxygen atoms in total. The summed E-state index contributed by atoms with van der Waals surface area (Å²) < 4.78 is 34.2. The van der Waals surface area contributed by atoms with E-state index in [1.54, 1.807) is 69.3 Å². The van der Waals surface area contributed by atoms with Gasteiger partial charge in [0.25, 0.3) is 5.91 Å². The molecule has 5 atom stereocenters. The molecule has 1 aliphatic rings. The lowest BCUT2D eigenvalue weighted by molar-refractivity contribution is -0.143. The SMILES string of the molecule is CCCC(NC(=O)C1C[C@@H](NS(=O)(=O)c2ccccc2)CN1C(=O)[C@@H](NC(=O)OCC(C)C)C(C)C)C(=O)C(=O)NCC(=O)N[C@H](C(N)=O)c1ccccc1. The highest BCUT2D eigenvalue weighted by molar-refractivity contribution is 7.89. The third-order valence-electron chi connectivity index (χ3n) is 8.58. The lowest BCUT2D eigenvalue weighted by Crippen LogP contribution is -2.57. The minimum Gasteiger partial charge on any atom is -0.449 e. The van der Waals surface area contributed by atoms with E-state index in [1.165, 1.54) is 12.1 Å². The van der Waals surface area contributed by atoms with E-state index in [0.29, 0.717) is 12.0 Å². The number of Topliss-reactive ketones (excluding diaryl/α,β-unsaturated/α-hetero) is 1. The number of nitrogens with two attached hydrogens (primary N) is 1. The second-order valence-corrected chi connectivity index (χ2v) is 15.7. The summed E-state index contributed by atoms with van der Waals surface area (Å²) in [5.74, 6) is -5.92. The van der Waals surface area contributed by atoms with E-state index in [4.69, 9.17) is 10.5 Å². The van der Waals surface area contributed by atoms with E-state index in [-0.39, 0.29) is 36.8 Å². The minimum atomic E-state index is -4.09. The second-order valence-electron chi connectivity index (χ2n) is 13.9. The summed E-state index contributed by atoms with van der Waals surface area (Å²) in [5, 5.41) is 9.71. The van der Waals surface area contributed by atoms with E-state index >= 15 is 0 Å². The number of carbonyl (C=O) groups is 7. The highest BCUT2D eigenvalue weighted by Gasteiger charge is 2.45. The van der Waals surface area contributed by atoms with Gasteiger partial charge in [0.15, 0.2) is 0 Å². The van der Waals surface area contributed by atoms with Crippen LogP contribution in [0.5, 0.6) is 0 Å². The summed E-state index contributed by atoms with van der Waals surface area (Å²) in [7, 11) is -4.09. The van der Waals surface area contributed by atoms with Crippen molar-refractivity contribution >= 4 is 51.4 Å². The number of likely N-dealkylation sites (tertiary alicyclic amines) is 1. The van der Waals surface area contributed by atoms with Crippen molar-refractivity contribution in [3.05, 3.63) is 66.2 Å². The number of benzene rings is 2. The van der Waals surface area contributed by atoms with Gasteiger partial charge in [-0.25, -0.2) is 17.9 Å².